The van der Waals surface area contributed by atoms with Crippen LogP contribution in [0, 0.1) is 17.8 Å². The van der Waals surface area contributed by atoms with Crippen LogP contribution in [-0.2, 0) is 9.53 Å². The largest absolute Gasteiger partial charge is 0.378 e. The number of rotatable bonds is 6. The first-order valence-corrected chi connectivity index (χ1v) is 6.60. The molecule has 3 unspecified atom stereocenters. The summed E-state index contributed by atoms with van der Waals surface area (Å²) >= 11 is 0. The van der Waals surface area contributed by atoms with Crippen LogP contribution in [0.15, 0.2) is 0 Å². The molecular weight excluding hydrogens is 216 g/mol. The van der Waals surface area contributed by atoms with E-state index in [0.717, 1.165) is 26.1 Å². The summed E-state index contributed by atoms with van der Waals surface area (Å²) in [6.45, 7) is 8.59. The van der Waals surface area contributed by atoms with Crippen molar-refractivity contribution in [3.05, 3.63) is 0 Å². The van der Waals surface area contributed by atoms with E-state index in [4.69, 9.17) is 4.74 Å². The molecule has 0 aromatic rings. The predicted molar refractivity (Wildman–Crippen MR) is 68.8 cm³/mol. The number of amides is 1. The zero-order valence-corrected chi connectivity index (χ0v) is 11.5. The first-order chi connectivity index (χ1) is 8.06. The van der Waals surface area contributed by atoms with Crippen LogP contribution in [-0.4, -0.2) is 38.8 Å². The predicted octanol–water partition coefficient (Wildman–Crippen LogP) is 1.02. The maximum Gasteiger partial charge on any atom is 0.224 e. The topological polar surface area (TPSA) is 50.4 Å². The average molecular weight is 242 g/mol. The van der Waals surface area contributed by atoms with Crippen molar-refractivity contribution in [3.8, 4) is 0 Å². The molecule has 1 fully saturated rings. The molecule has 3 atom stereocenters. The van der Waals surface area contributed by atoms with Crippen LogP contribution < -0.4 is 10.6 Å². The van der Waals surface area contributed by atoms with Crippen LogP contribution in [0.2, 0.25) is 0 Å². The van der Waals surface area contributed by atoms with E-state index in [1.807, 2.05) is 14.0 Å². The molecule has 0 aromatic carbocycles. The normalized spacial score (nSPS) is 26.2. The number of nitrogens with one attached hydrogen (secondary N) is 2. The molecular formula is C13H26N2O2. The number of carbonyl (C=O) groups is 1. The minimum Gasteiger partial charge on any atom is -0.378 e. The lowest BCUT2D eigenvalue weighted by atomic mass is 9.93. The Bertz CT molecular complexity index is 244. The van der Waals surface area contributed by atoms with Crippen LogP contribution >= 0.6 is 0 Å². The Balaban J connectivity index is 2.32. The van der Waals surface area contributed by atoms with Crippen molar-refractivity contribution >= 4 is 5.91 Å². The monoisotopic (exact) mass is 242 g/mol. The first-order valence-electron chi connectivity index (χ1n) is 6.60. The summed E-state index contributed by atoms with van der Waals surface area (Å²) in [4.78, 5) is 11.8. The molecule has 1 saturated heterocycles. The summed E-state index contributed by atoms with van der Waals surface area (Å²) in [5.74, 6) is 1.16. The SMILES string of the molecule is CNCC(C)C(=O)NCC1CCOC1C(C)C. The number of hydrogen-bond acceptors (Lipinski definition) is 3. The third kappa shape index (κ3) is 4.28. The Hall–Kier alpha value is -0.610. The van der Waals surface area contributed by atoms with E-state index in [1.165, 1.54) is 0 Å². The van der Waals surface area contributed by atoms with Crippen molar-refractivity contribution in [2.75, 3.05) is 26.7 Å². The molecule has 2 N–H and O–H groups in total. The van der Waals surface area contributed by atoms with Crippen LogP contribution in [0.5, 0.6) is 0 Å². The quantitative estimate of drug-likeness (QED) is 0.731. The molecule has 0 spiro atoms. The molecule has 1 heterocycles. The lowest BCUT2D eigenvalue weighted by Gasteiger charge is -2.23. The molecule has 0 saturated carbocycles. The van der Waals surface area contributed by atoms with Gasteiger partial charge < -0.3 is 15.4 Å². The van der Waals surface area contributed by atoms with E-state index >= 15 is 0 Å². The Morgan fingerprint density at radius 2 is 2.12 bits per heavy atom. The van der Waals surface area contributed by atoms with Gasteiger partial charge in [-0.25, -0.2) is 0 Å². The molecule has 4 heteroatoms. The van der Waals surface area contributed by atoms with E-state index in [0.29, 0.717) is 17.9 Å². The highest BCUT2D eigenvalue weighted by Gasteiger charge is 2.30. The fourth-order valence-electron chi connectivity index (χ4n) is 2.42. The third-order valence-corrected chi connectivity index (χ3v) is 3.42. The first kappa shape index (κ1) is 14.5. The summed E-state index contributed by atoms with van der Waals surface area (Å²) in [6, 6.07) is 0. The maximum atomic E-state index is 11.8. The number of ether oxygens (including phenoxy) is 1. The van der Waals surface area contributed by atoms with Gasteiger partial charge in [-0.3, -0.25) is 4.79 Å². The Morgan fingerprint density at radius 1 is 1.41 bits per heavy atom. The highest BCUT2D eigenvalue weighted by Crippen LogP contribution is 2.26. The molecule has 1 aliphatic rings. The zero-order valence-electron chi connectivity index (χ0n) is 11.5. The van der Waals surface area contributed by atoms with E-state index in [2.05, 4.69) is 24.5 Å². The van der Waals surface area contributed by atoms with E-state index in [1.54, 1.807) is 0 Å². The summed E-state index contributed by atoms with van der Waals surface area (Å²) in [5.41, 5.74) is 0. The Morgan fingerprint density at radius 3 is 2.71 bits per heavy atom. The van der Waals surface area contributed by atoms with Crippen molar-refractivity contribution in [2.24, 2.45) is 17.8 Å². The lowest BCUT2D eigenvalue weighted by molar-refractivity contribution is -0.124. The molecule has 4 nitrogen and oxygen atoms in total. The van der Waals surface area contributed by atoms with Gasteiger partial charge in [-0.15, -0.1) is 0 Å². The summed E-state index contributed by atoms with van der Waals surface area (Å²) in [5, 5.41) is 6.05. The van der Waals surface area contributed by atoms with Gasteiger partial charge in [0.2, 0.25) is 5.91 Å². The fraction of sp³-hybridized carbons (Fsp3) is 0.923. The van der Waals surface area contributed by atoms with Crippen LogP contribution in [0.25, 0.3) is 0 Å². The van der Waals surface area contributed by atoms with Gasteiger partial charge in [-0.05, 0) is 19.4 Å². The number of hydrogen-bond donors (Lipinski definition) is 2. The van der Waals surface area contributed by atoms with Crippen molar-refractivity contribution in [2.45, 2.75) is 33.3 Å². The molecule has 100 valence electrons. The average Bonchev–Trinajstić information content (AvgIpc) is 2.74. The van der Waals surface area contributed by atoms with Gasteiger partial charge in [0.15, 0.2) is 0 Å². The van der Waals surface area contributed by atoms with Crippen LogP contribution in [0.1, 0.15) is 27.2 Å². The summed E-state index contributed by atoms with van der Waals surface area (Å²) in [7, 11) is 1.86. The highest BCUT2D eigenvalue weighted by molar-refractivity contribution is 5.78. The van der Waals surface area contributed by atoms with Gasteiger partial charge >= 0.3 is 0 Å². The molecule has 1 rings (SSSR count). The highest BCUT2D eigenvalue weighted by atomic mass is 16.5. The third-order valence-electron chi connectivity index (χ3n) is 3.42. The lowest BCUT2D eigenvalue weighted by Crippen LogP contribution is -2.39. The van der Waals surface area contributed by atoms with E-state index in [9.17, 15) is 4.79 Å². The van der Waals surface area contributed by atoms with Crippen molar-refractivity contribution in [1.29, 1.82) is 0 Å². The van der Waals surface area contributed by atoms with Gasteiger partial charge in [-0.2, -0.15) is 0 Å². The molecule has 0 aliphatic carbocycles. The Kier molecular flexibility index (Phi) is 5.92. The summed E-state index contributed by atoms with van der Waals surface area (Å²) in [6.07, 6.45) is 1.36. The van der Waals surface area contributed by atoms with E-state index in [-0.39, 0.29) is 11.8 Å². The second-order valence-corrected chi connectivity index (χ2v) is 5.33. The van der Waals surface area contributed by atoms with Gasteiger partial charge in [0.25, 0.3) is 0 Å². The van der Waals surface area contributed by atoms with E-state index < -0.39 is 0 Å². The molecule has 17 heavy (non-hydrogen) atoms. The van der Waals surface area contributed by atoms with Crippen LogP contribution in [0.3, 0.4) is 0 Å². The summed E-state index contributed by atoms with van der Waals surface area (Å²) < 4.78 is 5.70. The van der Waals surface area contributed by atoms with Crippen molar-refractivity contribution in [1.82, 2.24) is 10.6 Å². The smallest absolute Gasteiger partial charge is 0.224 e. The molecule has 0 aromatic heterocycles. The second kappa shape index (κ2) is 6.97. The molecule has 0 radical (unpaired) electrons. The molecule has 1 amide bonds. The van der Waals surface area contributed by atoms with Crippen LogP contribution in [0.4, 0.5) is 0 Å². The van der Waals surface area contributed by atoms with Gasteiger partial charge in [0.1, 0.15) is 0 Å². The molecule has 1 aliphatic heterocycles. The van der Waals surface area contributed by atoms with Crippen molar-refractivity contribution < 1.29 is 9.53 Å². The minimum absolute atomic E-state index is 0.0276. The second-order valence-electron chi connectivity index (χ2n) is 5.33. The van der Waals surface area contributed by atoms with Gasteiger partial charge in [-0.1, -0.05) is 20.8 Å². The standard InChI is InChI=1S/C13H26N2O2/c1-9(2)12-11(5-6-17-12)8-15-13(16)10(3)7-14-4/h9-12,14H,5-8H2,1-4H3,(H,15,16). The van der Waals surface area contributed by atoms with Gasteiger partial charge in [0, 0.05) is 31.5 Å². The van der Waals surface area contributed by atoms with Gasteiger partial charge in [0.05, 0.1) is 6.10 Å². The molecule has 0 bridgehead atoms. The minimum atomic E-state index is 0.0276. The fourth-order valence-corrected chi connectivity index (χ4v) is 2.42. The zero-order chi connectivity index (χ0) is 12.8. The Labute approximate surface area is 104 Å². The number of carbonyl (C=O) groups excluding carboxylic acids is 1. The van der Waals surface area contributed by atoms with Crippen molar-refractivity contribution in [3.63, 3.8) is 0 Å². The maximum absolute atomic E-state index is 11.8.